The SMILES string of the molecule is N#CCO/N=C(/C(=O)NC1C(=O)N2C(C(=O)O)=C(CSc3nncs3)CS[C@H]12)c1csc(NC=O)n1. The molecule has 4 rings (SSSR count). The fourth-order valence-corrected chi connectivity index (χ4v) is 6.84. The summed E-state index contributed by atoms with van der Waals surface area (Å²) in [5.74, 6) is -1.97. The van der Waals surface area contributed by atoms with Gasteiger partial charge in [-0.1, -0.05) is 28.3 Å². The minimum Gasteiger partial charge on any atom is -0.477 e. The molecule has 2 aliphatic rings. The second-order valence-electron chi connectivity index (χ2n) is 6.78. The van der Waals surface area contributed by atoms with E-state index in [0.717, 1.165) is 16.2 Å². The fraction of sp³-hybridized carbons (Fsp3) is 0.278. The average Bonchev–Trinajstić information content (AvgIpc) is 3.55. The first-order valence-electron chi connectivity index (χ1n) is 9.77. The highest BCUT2D eigenvalue weighted by Gasteiger charge is 2.54. The molecule has 3 amide bonds. The molecule has 186 valence electrons. The summed E-state index contributed by atoms with van der Waals surface area (Å²) in [6, 6.07) is 0.702. The Bertz CT molecular complexity index is 1290. The Morgan fingerprint density at radius 2 is 2.28 bits per heavy atom. The Hall–Kier alpha value is -3.53. The van der Waals surface area contributed by atoms with Crippen molar-refractivity contribution in [2.24, 2.45) is 5.16 Å². The highest BCUT2D eigenvalue weighted by Crippen LogP contribution is 2.41. The van der Waals surface area contributed by atoms with Gasteiger partial charge in [-0.25, -0.2) is 9.78 Å². The van der Waals surface area contributed by atoms with Crippen molar-refractivity contribution in [1.82, 2.24) is 25.4 Å². The molecular weight excluding hydrogens is 553 g/mol. The van der Waals surface area contributed by atoms with Gasteiger partial charge in [0.1, 0.15) is 34.4 Å². The number of β-lactam (4-membered cyclic amide) rings is 1. The third kappa shape index (κ3) is 5.33. The van der Waals surface area contributed by atoms with Crippen molar-refractivity contribution in [3.63, 3.8) is 0 Å². The van der Waals surface area contributed by atoms with Gasteiger partial charge in [-0.15, -0.1) is 33.3 Å². The molecule has 0 radical (unpaired) electrons. The number of carbonyl (C=O) groups excluding carboxylic acids is 3. The number of thiazole rings is 1. The monoisotopic (exact) mass is 566 g/mol. The molecule has 4 heterocycles. The van der Waals surface area contributed by atoms with Crippen LogP contribution in [-0.4, -0.2) is 84.6 Å². The number of nitrogens with zero attached hydrogens (tertiary/aromatic N) is 6. The van der Waals surface area contributed by atoms with Crippen molar-refractivity contribution in [1.29, 1.82) is 5.26 Å². The molecule has 2 aromatic rings. The van der Waals surface area contributed by atoms with Crippen molar-refractivity contribution in [2.75, 3.05) is 23.4 Å². The maximum atomic E-state index is 13.0. The second kappa shape index (κ2) is 11.5. The number of carbonyl (C=O) groups is 4. The number of carboxylic acids is 1. The normalized spacial score (nSPS) is 19.1. The first kappa shape index (κ1) is 25.6. The zero-order chi connectivity index (χ0) is 25.7. The van der Waals surface area contributed by atoms with Gasteiger partial charge in [0.05, 0.1) is 0 Å². The number of thioether (sulfide) groups is 2. The Balaban J connectivity index is 1.49. The molecule has 1 unspecified atom stereocenters. The lowest BCUT2D eigenvalue weighted by Crippen LogP contribution is -2.71. The minimum absolute atomic E-state index is 0.0572. The van der Waals surface area contributed by atoms with Gasteiger partial charge in [-0.05, 0) is 5.57 Å². The summed E-state index contributed by atoms with van der Waals surface area (Å²) in [5, 5.41) is 35.7. The number of carboxylic acid groups (broad SMARTS) is 1. The molecule has 1 fully saturated rings. The summed E-state index contributed by atoms with van der Waals surface area (Å²) in [5.41, 5.74) is 1.77. The molecule has 2 atom stereocenters. The lowest BCUT2D eigenvalue weighted by atomic mass is 10.0. The van der Waals surface area contributed by atoms with Crippen LogP contribution < -0.4 is 10.6 Å². The summed E-state index contributed by atoms with van der Waals surface area (Å²) in [6.07, 6.45) is 0.418. The second-order valence-corrected chi connectivity index (χ2v) is 10.8. The number of rotatable bonds is 11. The van der Waals surface area contributed by atoms with Crippen LogP contribution in [0.2, 0.25) is 0 Å². The van der Waals surface area contributed by atoms with Crippen molar-refractivity contribution in [3.05, 3.63) is 27.9 Å². The molecule has 18 heteroatoms. The molecular formula is C18H14N8O6S4. The van der Waals surface area contributed by atoms with Gasteiger partial charge in [0.25, 0.3) is 11.8 Å². The zero-order valence-corrected chi connectivity index (χ0v) is 21.1. The van der Waals surface area contributed by atoms with E-state index in [1.165, 1.54) is 40.2 Å². The first-order chi connectivity index (χ1) is 17.4. The number of fused-ring (bicyclic) bond motifs is 1. The molecule has 0 aromatic carbocycles. The Labute approximate surface area is 218 Å². The van der Waals surface area contributed by atoms with Gasteiger partial charge < -0.3 is 20.6 Å². The number of nitrogens with one attached hydrogen (secondary N) is 2. The van der Waals surface area contributed by atoms with Gasteiger partial charge >= 0.3 is 5.97 Å². The van der Waals surface area contributed by atoms with E-state index < -0.39 is 35.8 Å². The molecule has 14 nitrogen and oxygen atoms in total. The summed E-state index contributed by atoms with van der Waals surface area (Å²) >= 11 is 5.00. The van der Waals surface area contributed by atoms with E-state index in [1.807, 2.05) is 0 Å². The van der Waals surface area contributed by atoms with Crippen LogP contribution in [0.5, 0.6) is 0 Å². The zero-order valence-electron chi connectivity index (χ0n) is 17.8. The van der Waals surface area contributed by atoms with Gasteiger partial charge in [0.2, 0.25) is 13.0 Å². The number of aliphatic carboxylic acids is 1. The van der Waals surface area contributed by atoms with Crippen LogP contribution in [0.25, 0.3) is 0 Å². The van der Waals surface area contributed by atoms with Crippen molar-refractivity contribution in [3.8, 4) is 6.07 Å². The summed E-state index contributed by atoms with van der Waals surface area (Å²) in [4.78, 5) is 58.6. The van der Waals surface area contributed by atoms with E-state index in [2.05, 4.69) is 31.0 Å². The number of hydrogen-bond acceptors (Lipinski definition) is 14. The third-order valence-corrected chi connectivity index (χ3v) is 8.74. The van der Waals surface area contributed by atoms with Crippen LogP contribution in [0.3, 0.4) is 0 Å². The highest BCUT2D eigenvalue weighted by molar-refractivity contribution is 8.01. The van der Waals surface area contributed by atoms with Crippen LogP contribution >= 0.6 is 46.2 Å². The van der Waals surface area contributed by atoms with E-state index in [0.29, 0.717) is 27.8 Å². The summed E-state index contributed by atoms with van der Waals surface area (Å²) < 4.78 is 0.679. The molecule has 0 bridgehead atoms. The number of oxime groups is 1. The third-order valence-electron chi connectivity index (χ3n) is 4.68. The van der Waals surface area contributed by atoms with Crippen molar-refractivity contribution < 1.29 is 29.1 Å². The number of nitriles is 1. The standard InChI is InChI=1S/C18H14N8O6S4/c19-1-2-32-25-10(9-5-34-17(22-9)20-6-27)13(28)23-11-14(29)26-12(16(30)31)8(3-33-15(11)26)4-35-18-24-21-7-36-18/h5-7,11,15H,2-4H2,(H,23,28)(H,30,31)(H,20,22,27)/b25-10+/t11?,15-/m1/s1. The molecule has 1 saturated heterocycles. The number of aromatic nitrogens is 3. The Morgan fingerprint density at radius 3 is 2.97 bits per heavy atom. The molecule has 36 heavy (non-hydrogen) atoms. The van der Waals surface area contributed by atoms with Crippen LogP contribution in [0.1, 0.15) is 5.69 Å². The topological polar surface area (TPSA) is 200 Å². The number of amides is 3. The van der Waals surface area contributed by atoms with E-state index in [-0.39, 0.29) is 22.2 Å². The van der Waals surface area contributed by atoms with E-state index in [1.54, 1.807) is 11.6 Å². The Kier molecular flexibility index (Phi) is 8.14. The predicted molar refractivity (Wildman–Crippen MR) is 130 cm³/mol. The average molecular weight is 567 g/mol. The van der Waals surface area contributed by atoms with Crippen LogP contribution in [0.15, 0.2) is 31.7 Å². The maximum Gasteiger partial charge on any atom is 0.352 e. The first-order valence-corrected chi connectivity index (χ1v) is 13.6. The van der Waals surface area contributed by atoms with E-state index >= 15 is 0 Å². The Morgan fingerprint density at radius 1 is 1.44 bits per heavy atom. The molecule has 3 N–H and O–H groups in total. The van der Waals surface area contributed by atoms with E-state index in [9.17, 15) is 24.3 Å². The number of hydrogen-bond donors (Lipinski definition) is 3. The maximum absolute atomic E-state index is 13.0. The van der Waals surface area contributed by atoms with E-state index in [4.69, 9.17) is 10.1 Å². The fourth-order valence-electron chi connectivity index (χ4n) is 3.21. The van der Waals surface area contributed by atoms with Crippen molar-refractivity contribution >= 4 is 81.2 Å². The van der Waals surface area contributed by atoms with Crippen LogP contribution in [0, 0.1) is 11.3 Å². The largest absolute Gasteiger partial charge is 0.477 e. The summed E-state index contributed by atoms with van der Waals surface area (Å²) in [7, 11) is 0. The molecule has 0 spiro atoms. The van der Waals surface area contributed by atoms with Crippen LogP contribution in [0.4, 0.5) is 5.13 Å². The lowest BCUT2D eigenvalue weighted by Gasteiger charge is -2.49. The minimum atomic E-state index is -1.24. The van der Waals surface area contributed by atoms with Gasteiger partial charge in [0, 0.05) is 16.9 Å². The van der Waals surface area contributed by atoms with Gasteiger partial charge in [-0.2, -0.15) is 5.26 Å². The smallest absolute Gasteiger partial charge is 0.352 e. The van der Waals surface area contributed by atoms with Gasteiger partial charge in [0.15, 0.2) is 15.2 Å². The lowest BCUT2D eigenvalue weighted by molar-refractivity contribution is -0.150. The molecule has 2 aliphatic heterocycles. The molecule has 0 saturated carbocycles. The predicted octanol–water partition coefficient (Wildman–Crippen LogP) is 0.338. The van der Waals surface area contributed by atoms with Crippen LogP contribution in [-0.2, 0) is 24.0 Å². The highest BCUT2D eigenvalue weighted by atomic mass is 32.2. The number of anilines is 1. The molecule has 0 aliphatic carbocycles. The van der Waals surface area contributed by atoms with Gasteiger partial charge in [-0.3, -0.25) is 19.3 Å². The molecule has 2 aromatic heterocycles. The van der Waals surface area contributed by atoms with Crippen molar-refractivity contribution in [2.45, 2.75) is 15.8 Å². The summed E-state index contributed by atoms with van der Waals surface area (Å²) in [6.45, 7) is -0.431. The quantitative estimate of drug-likeness (QED) is 0.0842.